The van der Waals surface area contributed by atoms with Crippen molar-refractivity contribution < 1.29 is 4.79 Å². The lowest BCUT2D eigenvalue weighted by molar-refractivity contribution is -0.128. The van der Waals surface area contributed by atoms with E-state index in [1.54, 1.807) is 7.05 Å². The Morgan fingerprint density at radius 3 is 2.60 bits per heavy atom. The fraction of sp³-hybridized carbons (Fsp3) is 0.562. The van der Waals surface area contributed by atoms with Crippen molar-refractivity contribution in [3.63, 3.8) is 0 Å². The van der Waals surface area contributed by atoms with E-state index in [9.17, 15) is 4.79 Å². The van der Waals surface area contributed by atoms with Crippen molar-refractivity contribution in [3.05, 3.63) is 34.9 Å². The molecule has 0 heterocycles. The minimum Gasteiger partial charge on any atom is -0.359 e. The third-order valence-corrected chi connectivity index (χ3v) is 4.50. The Morgan fingerprint density at radius 1 is 1.35 bits per heavy atom. The number of halogens is 1. The normalized spacial score (nSPS) is 22.2. The molecular weight excluding hydrogens is 272 g/mol. The van der Waals surface area contributed by atoms with Crippen molar-refractivity contribution in [2.24, 2.45) is 5.41 Å². The van der Waals surface area contributed by atoms with Crippen LogP contribution in [0.2, 0.25) is 5.02 Å². The highest BCUT2D eigenvalue weighted by molar-refractivity contribution is 6.31. The van der Waals surface area contributed by atoms with Gasteiger partial charge >= 0.3 is 0 Å². The number of benzene rings is 1. The summed E-state index contributed by atoms with van der Waals surface area (Å²) in [7, 11) is 1.68. The van der Waals surface area contributed by atoms with Crippen molar-refractivity contribution in [3.8, 4) is 0 Å². The summed E-state index contributed by atoms with van der Waals surface area (Å²) in [6.07, 6.45) is 2.18. The van der Waals surface area contributed by atoms with E-state index in [1.807, 2.05) is 32.0 Å². The Bertz CT molecular complexity index is 481. The molecule has 1 fully saturated rings. The molecule has 4 heteroatoms. The molecule has 2 rings (SSSR count). The molecule has 2 N–H and O–H groups in total. The molecule has 3 nitrogen and oxygen atoms in total. The maximum atomic E-state index is 11.7. The number of hydrogen-bond donors (Lipinski definition) is 2. The van der Waals surface area contributed by atoms with E-state index in [0.717, 1.165) is 17.9 Å². The van der Waals surface area contributed by atoms with E-state index in [-0.39, 0.29) is 11.3 Å². The fourth-order valence-electron chi connectivity index (χ4n) is 2.66. The number of carbonyl (C=O) groups is 1. The molecule has 1 aliphatic rings. The minimum absolute atomic E-state index is 0.0759. The fourth-order valence-corrected chi connectivity index (χ4v) is 2.95. The Labute approximate surface area is 126 Å². The van der Waals surface area contributed by atoms with Gasteiger partial charge in [-0.3, -0.25) is 4.79 Å². The van der Waals surface area contributed by atoms with Gasteiger partial charge in [0.15, 0.2) is 0 Å². The predicted octanol–water partition coefficient (Wildman–Crippen LogP) is 2.95. The summed E-state index contributed by atoms with van der Waals surface area (Å²) in [5.74, 6) is 0.622. The van der Waals surface area contributed by atoms with Gasteiger partial charge in [-0.05, 0) is 44.2 Å². The third kappa shape index (κ3) is 3.33. The van der Waals surface area contributed by atoms with Crippen LogP contribution in [-0.2, 0) is 4.79 Å². The van der Waals surface area contributed by atoms with Crippen LogP contribution in [0.25, 0.3) is 0 Å². The molecular formula is C16H23ClN2O. The number of amides is 1. The Balaban J connectivity index is 1.80. The van der Waals surface area contributed by atoms with Gasteiger partial charge in [-0.2, -0.15) is 0 Å². The predicted molar refractivity (Wildman–Crippen MR) is 83.1 cm³/mol. The van der Waals surface area contributed by atoms with Crippen LogP contribution < -0.4 is 10.6 Å². The van der Waals surface area contributed by atoms with E-state index in [0.29, 0.717) is 18.5 Å². The average Bonchev–Trinajstić information content (AvgIpc) is 2.37. The monoisotopic (exact) mass is 294 g/mol. The van der Waals surface area contributed by atoms with E-state index in [1.165, 1.54) is 5.56 Å². The first-order valence-electron chi connectivity index (χ1n) is 7.14. The lowest BCUT2D eigenvalue weighted by atomic mass is 9.75. The summed E-state index contributed by atoms with van der Waals surface area (Å²) < 4.78 is 0. The largest absolute Gasteiger partial charge is 0.359 e. The Morgan fingerprint density at radius 2 is 2.00 bits per heavy atom. The molecule has 0 unspecified atom stereocenters. The summed E-state index contributed by atoms with van der Waals surface area (Å²) in [5.41, 5.74) is 0.877. The highest BCUT2D eigenvalue weighted by atomic mass is 35.5. The van der Waals surface area contributed by atoms with Crippen LogP contribution >= 0.6 is 11.6 Å². The second kappa shape index (κ2) is 6.15. The van der Waals surface area contributed by atoms with Crippen molar-refractivity contribution in [1.29, 1.82) is 0 Å². The van der Waals surface area contributed by atoms with Gasteiger partial charge < -0.3 is 10.6 Å². The molecule has 0 saturated heterocycles. The molecule has 1 aromatic rings. The molecule has 110 valence electrons. The summed E-state index contributed by atoms with van der Waals surface area (Å²) in [6, 6.07) is 8.55. The molecule has 0 radical (unpaired) electrons. The average molecular weight is 295 g/mol. The van der Waals surface area contributed by atoms with Gasteiger partial charge in [0.1, 0.15) is 0 Å². The van der Waals surface area contributed by atoms with Gasteiger partial charge in [-0.15, -0.1) is 0 Å². The number of rotatable bonds is 5. The summed E-state index contributed by atoms with van der Waals surface area (Å²) in [4.78, 5) is 11.7. The number of carbonyl (C=O) groups excluding carboxylic acids is 1. The van der Waals surface area contributed by atoms with Crippen molar-refractivity contribution in [1.82, 2.24) is 10.6 Å². The first-order valence-corrected chi connectivity index (χ1v) is 7.52. The lowest BCUT2D eigenvalue weighted by Crippen LogP contribution is -2.48. The second-order valence-corrected chi connectivity index (χ2v) is 6.64. The van der Waals surface area contributed by atoms with E-state index in [4.69, 9.17) is 11.6 Å². The third-order valence-electron chi connectivity index (χ3n) is 4.16. The van der Waals surface area contributed by atoms with Gasteiger partial charge in [0.2, 0.25) is 5.91 Å². The smallest absolute Gasteiger partial charge is 0.226 e. The highest BCUT2D eigenvalue weighted by Crippen LogP contribution is 2.40. The SMILES string of the molecule is CNC(=O)C(C)(C)CNC1CC(c2ccccc2Cl)C1. The Hall–Kier alpha value is -1.06. The quantitative estimate of drug-likeness (QED) is 0.877. The number of nitrogens with one attached hydrogen (secondary N) is 2. The van der Waals surface area contributed by atoms with Gasteiger partial charge in [-0.25, -0.2) is 0 Å². The lowest BCUT2D eigenvalue weighted by Gasteiger charge is -2.38. The van der Waals surface area contributed by atoms with Crippen molar-refractivity contribution in [2.45, 2.75) is 38.6 Å². The molecule has 0 bridgehead atoms. The van der Waals surface area contributed by atoms with Crippen molar-refractivity contribution >= 4 is 17.5 Å². The van der Waals surface area contributed by atoms with Crippen LogP contribution in [0.5, 0.6) is 0 Å². The molecule has 0 aromatic heterocycles. The van der Waals surface area contributed by atoms with Crippen LogP contribution in [0.1, 0.15) is 38.2 Å². The van der Waals surface area contributed by atoms with Gasteiger partial charge in [0.05, 0.1) is 5.41 Å². The highest BCUT2D eigenvalue weighted by Gasteiger charge is 2.34. The van der Waals surface area contributed by atoms with Crippen LogP contribution in [0.3, 0.4) is 0 Å². The van der Waals surface area contributed by atoms with E-state index >= 15 is 0 Å². The summed E-state index contributed by atoms with van der Waals surface area (Å²) in [5, 5.41) is 7.06. The molecule has 1 saturated carbocycles. The molecule has 0 spiro atoms. The van der Waals surface area contributed by atoms with Crippen molar-refractivity contribution in [2.75, 3.05) is 13.6 Å². The first kappa shape index (κ1) is 15.3. The zero-order valence-corrected chi connectivity index (χ0v) is 13.1. The molecule has 0 atom stereocenters. The maximum Gasteiger partial charge on any atom is 0.226 e. The maximum absolute atomic E-state index is 11.7. The number of hydrogen-bond acceptors (Lipinski definition) is 2. The zero-order valence-electron chi connectivity index (χ0n) is 12.4. The van der Waals surface area contributed by atoms with Gasteiger partial charge in [0.25, 0.3) is 0 Å². The Kier molecular flexibility index (Phi) is 4.71. The van der Waals surface area contributed by atoms with Gasteiger partial charge in [0, 0.05) is 24.7 Å². The van der Waals surface area contributed by atoms with E-state index in [2.05, 4.69) is 16.7 Å². The summed E-state index contributed by atoms with van der Waals surface area (Å²) in [6.45, 7) is 4.62. The first-order chi connectivity index (χ1) is 9.44. The standard InChI is InChI=1S/C16H23ClN2O/c1-16(2,15(20)18-3)10-19-12-8-11(9-12)13-6-4-5-7-14(13)17/h4-7,11-12,19H,8-10H2,1-3H3,(H,18,20). The molecule has 20 heavy (non-hydrogen) atoms. The van der Waals surface area contributed by atoms with Crippen LogP contribution in [0.15, 0.2) is 24.3 Å². The van der Waals surface area contributed by atoms with E-state index < -0.39 is 0 Å². The topological polar surface area (TPSA) is 41.1 Å². The van der Waals surface area contributed by atoms with Crippen LogP contribution in [0, 0.1) is 5.41 Å². The van der Waals surface area contributed by atoms with Crippen LogP contribution in [0.4, 0.5) is 0 Å². The molecule has 1 aromatic carbocycles. The van der Waals surface area contributed by atoms with Gasteiger partial charge in [-0.1, -0.05) is 29.8 Å². The minimum atomic E-state index is -0.371. The zero-order chi connectivity index (χ0) is 14.8. The molecule has 1 aliphatic carbocycles. The second-order valence-electron chi connectivity index (χ2n) is 6.23. The molecule has 1 amide bonds. The summed E-state index contributed by atoms with van der Waals surface area (Å²) >= 11 is 6.22. The van der Waals surface area contributed by atoms with Crippen LogP contribution in [-0.4, -0.2) is 25.5 Å². The molecule has 0 aliphatic heterocycles.